The molecule has 0 radical (unpaired) electrons. The summed E-state index contributed by atoms with van der Waals surface area (Å²) in [5, 5.41) is 0.316. The van der Waals surface area contributed by atoms with Crippen molar-refractivity contribution >= 4 is 21.8 Å². The summed E-state index contributed by atoms with van der Waals surface area (Å²) in [5.74, 6) is 1.08. The van der Waals surface area contributed by atoms with Gasteiger partial charge in [0, 0.05) is 11.8 Å². The van der Waals surface area contributed by atoms with E-state index in [4.69, 9.17) is 4.74 Å². The maximum absolute atomic E-state index is 13.3. The third-order valence-corrected chi connectivity index (χ3v) is 5.30. The Bertz CT molecular complexity index is 937. The minimum atomic E-state index is -1.42. The van der Waals surface area contributed by atoms with Crippen LogP contribution in [0, 0.1) is 5.82 Å². The van der Waals surface area contributed by atoms with Crippen molar-refractivity contribution < 1.29 is 13.3 Å². The zero-order valence-electron chi connectivity index (χ0n) is 13.1. The molecular formula is C17H16FN3O2S. The molecule has 0 amide bonds. The number of H-pyrrole nitrogens is 1. The van der Waals surface area contributed by atoms with Gasteiger partial charge in [0.1, 0.15) is 11.6 Å². The standard InChI is InChI=1S/C17H16FN3O2S/c1-23-16-12(10-2-3-10)6-7-19-15(16)9-24(22)17-20-13-5-4-11(18)8-14(13)21-17/h4-8,10H,2-3,9H2,1H3,(H,20,21). The van der Waals surface area contributed by atoms with Gasteiger partial charge in [0.15, 0.2) is 5.16 Å². The molecule has 0 saturated heterocycles. The second-order valence-electron chi connectivity index (χ2n) is 5.85. The minimum absolute atomic E-state index is 0.200. The summed E-state index contributed by atoms with van der Waals surface area (Å²) in [6, 6.07) is 6.20. The average molecular weight is 345 g/mol. The molecule has 1 N–H and O–H groups in total. The fourth-order valence-corrected chi connectivity index (χ4v) is 3.84. The lowest BCUT2D eigenvalue weighted by molar-refractivity contribution is 0.403. The van der Waals surface area contributed by atoms with E-state index in [1.54, 1.807) is 19.4 Å². The van der Waals surface area contributed by atoms with Crippen molar-refractivity contribution in [3.8, 4) is 5.75 Å². The van der Waals surface area contributed by atoms with Crippen molar-refractivity contribution in [2.24, 2.45) is 0 Å². The number of pyridine rings is 1. The third-order valence-electron chi connectivity index (χ3n) is 4.14. The molecule has 1 aliphatic rings. The van der Waals surface area contributed by atoms with Gasteiger partial charge in [-0.25, -0.2) is 9.37 Å². The first-order valence-electron chi connectivity index (χ1n) is 7.71. The van der Waals surface area contributed by atoms with Gasteiger partial charge in [-0.2, -0.15) is 0 Å². The highest BCUT2D eigenvalue weighted by Gasteiger charge is 2.28. The number of aromatic amines is 1. The number of ether oxygens (including phenoxy) is 1. The van der Waals surface area contributed by atoms with E-state index in [2.05, 4.69) is 15.0 Å². The number of halogens is 1. The van der Waals surface area contributed by atoms with Crippen LogP contribution < -0.4 is 4.74 Å². The van der Waals surface area contributed by atoms with Gasteiger partial charge in [0.2, 0.25) is 0 Å². The number of imidazole rings is 1. The van der Waals surface area contributed by atoms with E-state index >= 15 is 0 Å². The predicted molar refractivity (Wildman–Crippen MR) is 88.9 cm³/mol. The van der Waals surface area contributed by atoms with E-state index in [0.29, 0.717) is 27.8 Å². The Morgan fingerprint density at radius 3 is 2.96 bits per heavy atom. The first-order chi connectivity index (χ1) is 11.7. The number of hydrogen-bond donors (Lipinski definition) is 1. The topological polar surface area (TPSA) is 67.9 Å². The van der Waals surface area contributed by atoms with Gasteiger partial charge < -0.3 is 9.72 Å². The number of aromatic nitrogens is 3. The van der Waals surface area contributed by atoms with E-state index in [9.17, 15) is 8.60 Å². The molecule has 2 heterocycles. The van der Waals surface area contributed by atoms with Crippen molar-refractivity contribution in [1.82, 2.24) is 15.0 Å². The van der Waals surface area contributed by atoms with Crippen molar-refractivity contribution in [3.05, 3.63) is 47.5 Å². The molecule has 0 aliphatic heterocycles. The van der Waals surface area contributed by atoms with Gasteiger partial charge in [-0.3, -0.25) is 9.19 Å². The summed E-state index contributed by atoms with van der Waals surface area (Å²) in [6.07, 6.45) is 4.03. The zero-order valence-corrected chi connectivity index (χ0v) is 13.9. The van der Waals surface area contributed by atoms with Crippen molar-refractivity contribution in [2.45, 2.75) is 29.7 Å². The largest absolute Gasteiger partial charge is 0.495 e. The highest BCUT2D eigenvalue weighted by atomic mass is 32.2. The minimum Gasteiger partial charge on any atom is -0.495 e. The summed E-state index contributed by atoms with van der Waals surface area (Å²) >= 11 is 0. The molecule has 1 atom stereocenters. The molecule has 1 unspecified atom stereocenters. The summed E-state index contributed by atoms with van der Waals surface area (Å²) < 4.78 is 31.4. The molecule has 124 valence electrons. The molecular weight excluding hydrogens is 329 g/mol. The molecule has 4 rings (SSSR count). The lowest BCUT2D eigenvalue weighted by atomic mass is 10.1. The second kappa shape index (κ2) is 5.98. The lowest BCUT2D eigenvalue weighted by Crippen LogP contribution is -2.04. The molecule has 2 aromatic heterocycles. The van der Waals surface area contributed by atoms with E-state index in [1.165, 1.54) is 12.1 Å². The van der Waals surface area contributed by atoms with Crippen molar-refractivity contribution in [1.29, 1.82) is 0 Å². The summed E-state index contributed by atoms with van der Waals surface area (Å²) in [4.78, 5) is 11.5. The van der Waals surface area contributed by atoms with E-state index in [1.807, 2.05) is 6.07 Å². The van der Waals surface area contributed by atoms with Crippen LogP contribution in [0.15, 0.2) is 35.6 Å². The molecule has 24 heavy (non-hydrogen) atoms. The summed E-state index contributed by atoms with van der Waals surface area (Å²) in [5.41, 5.74) is 2.91. The Balaban J connectivity index is 1.64. The van der Waals surface area contributed by atoms with Gasteiger partial charge in [0.25, 0.3) is 0 Å². The highest BCUT2D eigenvalue weighted by molar-refractivity contribution is 7.84. The average Bonchev–Trinajstić information content (AvgIpc) is 3.33. The predicted octanol–water partition coefficient (Wildman–Crippen LogP) is 3.29. The molecule has 3 aromatic rings. The lowest BCUT2D eigenvalue weighted by Gasteiger charge is -2.11. The zero-order chi connectivity index (χ0) is 16.7. The Hall–Kier alpha value is -2.28. The van der Waals surface area contributed by atoms with Crippen LogP contribution in [0.3, 0.4) is 0 Å². The van der Waals surface area contributed by atoms with Crippen LogP contribution in [0.1, 0.15) is 30.0 Å². The first kappa shape index (κ1) is 15.3. The molecule has 1 saturated carbocycles. The molecule has 0 spiro atoms. The van der Waals surface area contributed by atoms with Gasteiger partial charge in [-0.1, -0.05) is 0 Å². The number of fused-ring (bicyclic) bond motifs is 1. The molecule has 5 nitrogen and oxygen atoms in total. The maximum atomic E-state index is 13.3. The Kier molecular flexibility index (Phi) is 3.80. The van der Waals surface area contributed by atoms with Gasteiger partial charge in [-0.05, 0) is 43.0 Å². The molecule has 1 aliphatic carbocycles. The summed E-state index contributed by atoms with van der Waals surface area (Å²) in [7, 11) is 0.192. The number of rotatable bonds is 5. The fraction of sp³-hybridized carbons (Fsp3) is 0.294. The number of benzene rings is 1. The number of methoxy groups -OCH3 is 1. The van der Waals surface area contributed by atoms with Crippen LogP contribution in [0.4, 0.5) is 4.39 Å². The quantitative estimate of drug-likeness (QED) is 0.770. The maximum Gasteiger partial charge on any atom is 0.197 e. The smallest absolute Gasteiger partial charge is 0.197 e. The van der Waals surface area contributed by atoms with Crippen LogP contribution in [0.2, 0.25) is 0 Å². The monoisotopic (exact) mass is 345 g/mol. The van der Waals surface area contributed by atoms with Crippen LogP contribution >= 0.6 is 0 Å². The van der Waals surface area contributed by atoms with Crippen LogP contribution in [-0.4, -0.2) is 26.3 Å². The number of hydrogen-bond acceptors (Lipinski definition) is 4. The second-order valence-corrected chi connectivity index (χ2v) is 7.21. The van der Waals surface area contributed by atoms with Crippen LogP contribution in [0.5, 0.6) is 5.75 Å². The van der Waals surface area contributed by atoms with Gasteiger partial charge >= 0.3 is 0 Å². The number of nitrogens with one attached hydrogen (secondary N) is 1. The number of nitrogens with zero attached hydrogens (tertiary/aromatic N) is 2. The van der Waals surface area contributed by atoms with E-state index < -0.39 is 10.8 Å². The van der Waals surface area contributed by atoms with Gasteiger partial charge in [-0.15, -0.1) is 0 Å². The fourth-order valence-electron chi connectivity index (χ4n) is 2.82. The van der Waals surface area contributed by atoms with Crippen molar-refractivity contribution in [2.75, 3.05) is 7.11 Å². The highest BCUT2D eigenvalue weighted by Crippen LogP contribution is 2.45. The normalized spacial score (nSPS) is 15.6. The first-order valence-corrected chi connectivity index (χ1v) is 9.03. The van der Waals surface area contributed by atoms with Gasteiger partial charge in [0.05, 0.1) is 40.4 Å². The molecule has 0 bridgehead atoms. The van der Waals surface area contributed by atoms with E-state index in [0.717, 1.165) is 24.2 Å². The van der Waals surface area contributed by atoms with Crippen LogP contribution in [0.25, 0.3) is 11.0 Å². The molecule has 1 aromatic carbocycles. The Labute approximate surface area is 140 Å². The SMILES string of the molecule is COc1c(C2CC2)ccnc1CS(=O)c1nc2ccc(F)cc2[nH]1. The summed E-state index contributed by atoms with van der Waals surface area (Å²) in [6.45, 7) is 0. The Morgan fingerprint density at radius 2 is 2.21 bits per heavy atom. The molecule has 7 heteroatoms. The third kappa shape index (κ3) is 2.80. The molecule has 1 fully saturated rings. The van der Waals surface area contributed by atoms with Crippen LogP contribution in [-0.2, 0) is 16.6 Å². The Morgan fingerprint density at radius 1 is 1.38 bits per heavy atom. The van der Waals surface area contributed by atoms with Crippen molar-refractivity contribution in [3.63, 3.8) is 0 Å². The van der Waals surface area contributed by atoms with E-state index in [-0.39, 0.29) is 11.6 Å².